The van der Waals surface area contributed by atoms with Crippen LogP contribution in [-0.4, -0.2) is 10.1 Å². The molecule has 0 unspecified atom stereocenters. The molecular formula is C13H20N2S2. The van der Waals surface area contributed by atoms with Crippen LogP contribution >= 0.6 is 24.0 Å². The van der Waals surface area contributed by atoms with Crippen LogP contribution in [0.25, 0.3) is 0 Å². The highest BCUT2D eigenvalue weighted by Gasteiger charge is 1.96. The summed E-state index contributed by atoms with van der Waals surface area (Å²) in [4.78, 5) is 0. The van der Waals surface area contributed by atoms with Gasteiger partial charge in [-0.1, -0.05) is 68.4 Å². The summed E-state index contributed by atoms with van der Waals surface area (Å²) in [6.45, 7) is 2.23. The van der Waals surface area contributed by atoms with Gasteiger partial charge >= 0.3 is 0 Å². The smallest absolute Gasteiger partial charge is 0.152 e. The molecule has 0 heterocycles. The maximum Gasteiger partial charge on any atom is 0.152 e. The summed E-state index contributed by atoms with van der Waals surface area (Å²) in [5.41, 5.74) is 7.15. The van der Waals surface area contributed by atoms with Crippen molar-refractivity contribution in [2.45, 2.75) is 32.6 Å². The number of anilines is 1. The minimum absolute atomic E-state index is 0.811. The van der Waals surface area contributed by atoms with Crippen LogP contribution in [0, 0.1) is 0 Å². The molecule has 4 heteroatoms. The quantitative estimate of drug-likeness (QED) is 0.440. The summed E-state index contributed by atoms with van der Waals surface area (Å²) < 4.78 is 0.811. The van der Waals surface area contributed by atoms with Crippen LogP contribution < -0.4 is 10.9 Å². The van der Waals surface area contributed by atoms with Crippen LogP contribution in [0.5, 0.6) is 0 Å². The van der Waals surface area contributed by atoms with E-state index in [1.54, 1.807) is 11.8 Å². The number of hydrogen-bond acceptors (Lipinski definition) is 3. The first-order chi connectivity index (χ1) is 8.33. The molecule has 0 aromatic heterocycles. The molecule has 0 fully saturated rings. The van der Waals surface area contributed by atoms with Crippen molar-refractivity contribution in [3.05, 3.63) is 30.3 Å². The van der Waals surface area contributed by atoms with E-state index in [9.17, 15) is 0 Å². The molecule has 0 saturated heterocycles. The monoisotopic (exact) mass is 268 g/mol. The highest BCUT2D eigenvalue weighted by molar-refractivity contribution is 8.22. The first-order valence-electron chi connectivity index (χ1n) is 6.06. The zero-order valence-corrected chi connectivity index (χ0v) is 11.9. The Labute approximate surface area is 114 Å². The lowest BCUT2D eigenvalue weighted by Gasteiger charge is -2.09. The fourth-order valence-electron chi connectivity index (χ4n) is 1.37. The van der Waals surface area contributed by atoms with Gasteiger partial charge < -0.3 is 0 Å². The summed E-state index contributed by atoms with van der Waals surface area (Å²) in [5.74, 6) is 1.10. The number of hydrazine groups is 1. The van der Waals surface area contributed by atoms with Gasteiger partial charge in [0.15, 0.2) is 4.32 Å². The minimum atomic E-state index is 0.811. The van der Waals surface area contributed by atoms with Crippen LogP contribution in [0.1, 0.15) is 32.6 Å². The van der Waals surface area contributed by atoms with Gasteiger partial charge in [-0.25, -0.2) is 0 Å². The predicted octanol–water partition coefficient (Wildman–Crippen LogP) is 4.20. The van der Waals surface area contributed by atoms with E-state index in [1.807, 2.05) is 30.3 Å². The number of benzene rings is 1. The second-order valence-corrected chi connectivity index (χ2v) is 5.58. The molecule has 1 aromatic rings. The third kappa shape index (κ3) is 7.23. The second-order valence-electron chi connectivity index (χ2n) is 3.81. The third-order valence-electron chi connectivity index (χ3n) is 2.31. The molecule has 0 radical (unpaired) electrons. The fraction of sp³-hybridized carbons (Fsp3) is 0.462. The molecule has 0 aliphatic heterocycles. The molecule has 0 saturated carbocycles. The Balaban J connectivity index is 2.05. The second kappa shape index (κ2) is 9.31. The molecule has 2 nitrogen and oxygen atoms in total. The Morgan fingerprint density at radius 3 is 2.65 bits per heavy atom. The molecule has 0 spiro atoms. The summed E-state index contributed by atoms with van der Waals surface area (Å²) >= 11 is 6.92. The summed E-state index contributed by atoms with van der Waals surface area (Å²) in [6.07, 6.45) is 5.15. The standard InChI is InChI=1S/C13H20N2S2/c1-2-3-4-8-11-17-13(16)15-14-12-9-6-5-7-10-12/h5-7,9-10,14H,2-4,8,11H2,1H3,(H,15,16). The number of nitrogens with one attached hydrogen (secondary N) is 2. The molecule has 2 N–H and O–H groups in total. The lowest BCUT2D eigenvalue weighted by atomic mass is 10.2. The lowest BCUT2D eigenvalue weighted by molar-refractivity contribution is 0.707. The number of thiocarbonyl (C=S) groups is 1. The van der Waals surface area contributed by atoms with Crippen LogP contribution in [0.2, 0.25) is 0 Å². The zero-order valence-electron chi connectivity index (χ0n) is 10.2. The van der Waals surface area contributed by atoms with Crippen LogP contribution in [0.4, 0.5) is 5.69 Å². The first-order valence-corrected chi connectivity index (χ1v) is 7.46. The Morgan fingerprint density at radius 2 is 1.94 bits per heavy atom. The number of thioether (sulfide) groups is 1. The molecule has 17 heavy (non-hydrogen) atoms. The summed E-state index contributed by atoms with van der Waals surface area (Å²) in [6, 6.07) is 9.98. The van der Waals surface area contributed by atoms with Crippen molar-refractivity contribution in [1.82, 2.24) is 5.43 Å². The van der Waals surface area contributed by atoms with E-state index in [1.165, 1.54) is 25.7 Å². The Hall–Kier alpha value is -0.740. The van der Waals surface area contributed by atoms with Gasteiger partial charge in [0.2, 0.25) is 0 Å². The van der Waals surface area contributed by atoms with E-state index in [0.29, 0.717) is 0 Å². The van der Waals surface area contributed by atoms with Crippen LogP contribution in [0.3, 0.4) is 0 Å². The molecule has 1 rings (SSSR count). The van der Waals surface area contributed by atoms with E-state index >= 15 is 0 Å². The van der Waals surface area contributed by atoms with Crippen LogP contribution in [0.15, 0.2) is 30.3 Å². The maximum atomic E-state index is 5.22. The number of para-hydroxylation sites is 1. The first kappa shape index (κ1) is 14.3. The van der Waals surface area contributed by atoms with Crippen molar-refractivity contribution in [1.29, 1.82) is 0 Å². The topological polar surface area (TPSA) is 24.1 Å². The van der Waals surface area contributed by atoms with Crippen molar-refractivity contribution >= 4 is 34.0 Å². The zero-order chi connectivity index (χ0) is 12.3. The normalized spacial score (nSPS) is 9.94. The van der Waals surface area contributed by atoms with Crippen molar-refractivity contribution < 1.29 is 0 Å². The number of hydrogen-bond donors (Lipinski definition) is 2. The van der Waals surface area contributed by atoms with Gasteiger partial charge in [-0.05, 0) is 18.6 Å². The highest BCUT2D eigenvalue weighted by atomic mass is 32.2. The molecule has 0 aliphatic rings. The summed E-state index contributed by atoms with van der Waals surface area (Å²) in [5, 5.41) is 0. The van der Waals surface area contributed by atoms with Gasteiger partial charge in [0.25, 0.3) is 0 Å². The van der Waals surface area contributed by atoms with Crippen LogP contribution in [-0.2, 0) is 0 Å². The molecule has 0 amide bonds. The summed E-state index contributed by atoms with van der Waals surface area (Å²) in [7, 11) is 0. The van der Waals surface area contributed by atoms with Gasteiger partial charge in [0, 0.05) is 5.75 Å². The lowest BCUT2D eigenvalue weighted by Crippen LogP contribution is -2.25. The SMILES string of the molecule is CCCCCCSC(=S)NNc1ccccc1. The maximum absolute atomic E-state index is 5.22. The molecular weight excluding hydrogens is 248 g/mol. The van der Waals surface area contributed by atoms with Gasteiger partial charge in [0.1, 0.15) is 0 Å². The van der Waals surface area contributed by atoms with Crippen molar-refractivity contribution in [2.24, 2.45) is 0 Å². The fourth-order valence-corrected chi connectivity index (χ4v) is 2.33. The van der Waals surface area contributed by atoms with E-state index in [0.717, 1.165) is 15.8 Å². The third-order valence-corrected chi connectivity index (χ3v) is 3.63. The van der Waals surface area contributed by atoms with Crippen molar-refractivity contribution in [3.63, 3.8) is 0 Å². The number of rotatable bonds is 7. The Kier molecular flexibility index (Phi) is 7.84. The predicted molar refractivity (Wildman–Crippen MR) is 82.4 cm³/mol. The highest BCUT2D eigenvalue weighted by Crippen LogP contribution is 2.09. The van der Waals surface area contributed by atoms with Gasteiger partial charge in [-0.3, -0.25) is 10.9 Å². The number of unbranched alkanes of at least 4 members (excludes halogenated alkanes) is 3. The molecule has 0 bridgehead atoms. The molecule has 0 aliphatic carbocycles. The van der Waals surface area contributed by atoms with Crippen molar-refractivity contribution in [2.75, 3.05) is 11.2 Å². The molecule has 94 valence electrons. The Bertz CT molecular complexity index is 314. The molecule has 1 aromatic carbocycles. The van der Waals surface area contributed by atoms with Gasteiger partial charge in [-0.15, -0.1) is 0 Å². The van der Waals surface area contributed by atoms with Crippen molar-refractivity contribution in [3.8, 4) is 0 Å². The molecule has 0 atom stereocenters. The largest absolute Gasteiger partial charge is 0.300 e. The van der Waals surface area contributed by atoms with E-state index < -0.39 is 0 Å². The van der Waals surface area contributed by atoms with E-state index in [4.69, 9.17) is 12.2 Å². The average Bonchev–Trinajstić information content (AvgIpc) is 2.37. The van der Waals surface area contributed by atoms with Gasteiger partial charge in [0.05, 0.1) is 5.69 Å². The van der Waals surface area contributed by atoms with E-state index in [-0.39, 0.29) is 0 Å². The average molecular weight is 268 g/mol. The Morgan fingerprint density at radius 1 is 1.18 bits per heavy atom. The van der Waals surface area contributed by atoms with E-state index in [2.05, 4.69) is 17.8 Å². The minimum Gasteiger partial charge on any atom is -0.300 e. The van der Waals surface area contributed by atoms with Gasteiger partial charge in [-0.2, -0.15) is 0 Å².